The molecule has 1 saturated heterocycles. The van der Waals surface area contributed by atoms with E-state index in [0.29, 0.717) is 23.8 Å². The molecule has 0 atom stereocenters. The molecule has 0 unspecified atom stereocenters. The van der Waals surface area contributed by atoms with E-state index >= 15 is 0 Å². The molecule has 2 aromatic rings. The second kappa shape index (κ2) is 11.0. The van der Waals surface area contributed by atoms with Gasteiger partial charge in [-0.05, 0) is 76.2 Å². The van der Waals surface area contributed by atoms with Gasteiger partial charge in [0, 0.05) is 37.4 Å². The molecule has 2 heterocycles. The number of rotatable bonds is 8. The molecule has 0 bridgehead atoms. The summed E-state index contributed by atoms with van der Waals surface area (Å²) in [6.07, 6.45) is 8.74. The normalized spacial score (nSPS) is 25.2. The van der Waals surface area contributed by atoms with E-state index in [1.165, 1.54) is 31.0 Å². The van der Waals surface area contributed by atoms with Gasteiger partial charge in [-0.25, -0.2) is 9.78 Å². The average molecular weight is 533 g/mol. The lowest BCUT2D eigenvalue weighted by molar-refractivity contribution is -0.116. The fourth-order valence-electron chi connectivity index (χ4n) is 6.65. The van der Waals surface area contributed by atoms with E-state index in [-0.39, 0.29) is 35.5 Å². The van der Waals surface area contributed by atoms with E-state index in [4.69, 9.17) is 0 Å². The van der Waals surface area contributed by atoms with Gasteiger partial charge in [-0.15, -0.1) is 0 Å². The third kappa shape index (κ3) is 5.24. The van der Waals surface area contributed by atoms with Gasteiger partial charge in [0.1, 0.15) is 12.4 Å². The number of pyridine rings is 1. The summed E-state index contributed by atoms with van der Waals surface area (Å²) >= 11 is 0. The Bertz CT molecular complexity index is 1200. The maximum absolute atomic E-state index is 13.8. The highest BCUT2D eigenvalue weighted by Crippen LogP contribution is 2.49. The Morgan fingerprint density at radius 3 is 2.41 bits per heavy atom. The lowest BCUT2D eigenvalue weighted by Gasteiger charge is -2.51. The third-order valence-electron chi connectivity index (χ3n) is 9.25. The quantitative estimate of drug-likeness (QED) is 0.541. The van der Waals surface area contributed by atoms with Crippen molar-refractivity contribution in [1.29, 1.82) is 0 Å². The van der Waals surface area contributed by atoms with Crippen molar-refractivity contribution in [3.05, 3.63) is 59.8 Å². The van der Waals surface area contributed by atoms with Gasteiger partial charge in [0.2, 0.25) is 5.91 Å². The summed E-state index contributed by atoms with van der Waals surface area (Å²) in [4.78, 5) is 49.1. The van der Waals surface area contributed by atoms with Crippen LogP contribution in [0, 0.1) is 5.92 Å². The number of carbonyl (C=O) groups excluding carboxylic acids is 3. The number of hydrogen-bond donors (Lipinski definition) is 2. The van der Waals surface area contributed by atoms with Crippen molar-refractivity contribution >= 4 is 23.7 Å². The van der Waals surface area contributed by atoms with Gasteiger partial charge in [0.05, 0.1) is 5.54 Å². The summed E-state index contributed by atoms with van der Waals surface area (Å²) in [7, 11) is 5.86. The van der Waals surface area contributed by atoms with Crippen LogP contribution in [-0.4, -0.2) is 83.8 Å². The van der Waals surface area contributed by atoms with E-state index in [1.807, 2.05) is 0 Å². The van der Waals surface area contributed by atoms with Crippen molar-refractivity contribution in [2.24, 2.45) is 5.92 Å². The maximum atomic E-state index is 13.8. The number of urea groups is 1. The second-order valence-electron chi connectivity index (χ2n) is 11.6. The summed E-state index contributed by atoms with van der Waals surface area (Å²) in [6.45, 7) is 1.29. The minimum Gasteiger partial charge on any atom is -0.355 e. The highest BCUT2D eigenvalue weighted by Gasteiger charge is 2.55. The summed E-state index contributed by atoms with van der Waals surface area (Å²) in [5, 5.41) is 5.35. The van der Waals surface area contributed by atoms with E-state index in [1.54, 1.807) is 24.1 Å². The van der Waals surface area contributed by atoms with Gasteiger partial charge < -0.3 is 20.4 Å². The van der Waals surface area contributed by atoms with Crippen LogP contribution in [-0.2, 0) is 10.3 Å². The Labute approximate surface area is 230 Å². The number of hydrogen-bond acceptors (Lipinski definition) is 5. The molecule has 3 fully saturated rings. The predicted molar refractivity (Wildman–Crippen MR) is 150 cm³/mol. The first-order valence-electron chi connectivity index (χ1n) is 14.0. The van der Waals surface area contributed by atoms with Crippen molar-refractivity contribution < 1.29 is 14.4 Å². The number of amides is 4. The summed E-state index contributed by atoms with van der Waals surface area (Å²) in [5.41, 5.74) is 1.40. The monoisotopic (exact) mass is 532 g/mol. The Kier molecular flexibility index (Phi) is 7.62. The molecule has 5 rings (SSSR count). The zero-order valence-corrected chi connectivity index (χ0v) is 23.3. The standard InChI is InChI=1S/C30H40N6O3/c1-31-27(38)23-12-17-32-25(18-23)33-26(37)20-35-21-29(36(28(35)39)19-22-8-7-9-22)13-15-30(16-14-29,34(2)3)24-10-5-4-6-11-24/h4-6,10-12,17-18,22H,7-9,13-16,19-21H2,1-3H3,(H,31,38)(H,32,33,37)/t29-,30-. The van der Waals surface area contributed by atoms with E-state index in [0.717, 1.165) is 32.2 Å². The lowest BCUT2D eigenvalue weighted by Crippen LogP contribution is -2.56. The fraction of sp³-hybridized carbons (Fsp3) is 0.533. The topological polar surface area (TPSA) is 97.9 Å². The van der Waals surface area contributed by atoms with Crippen molar-refractivity contribution in [2.45, 2.75) is 56.0 Å². The van der Waals surface area contributed by atoms with Crippen molar-refractivity contribution in [3.63, 3.8) is 0 Å². The lowest BCUT2D eigenvalue weighted by atomic mass is 9.68. The molecule has 2 N–H and O–H groups in total. The molecule has 1 aliphatic heterocycles. The summed E-state index contributed by atoms with van der Waals surface area (Å²) < 4.78 is 0. The molecule has 39 heavy (non-hydrogen) atoms. The van der Waals surface area contributed by atoms with Crippen LogP contribution in [0.1, 0.15) is 60.9 Å². The van der Waals surface area contributed by atoms with Crippen LogP contribution in [0.4, 0.5) is 10.6 Å². The molecule has 4 amide bonds. The van der Waals surface area contributed by atoms with Gasteiger partial charge in [0.15, 0.2) is 0 Å². The Hall–Kier alpha value is -3.46. The van der Waals surface area contributed by atoms with Crippen LogP contribution in [0.25, 0.3) is 0 Å². The van der Waals surface area contributed by atoms with Crippen LogP contribution in [0.2, 0.25) is 0 Å². The minimum absolute atomic E-state index is 0.0366. The van der Waals surface area contributed by atoms with Gasteiger partial charge in [0.25, 0.3) is 5.91 Å². The van der Waals surface area contributed by atoms with Gasteiger partial charge in [-0.3, -0.25) is 14.5 Å². The average Bonchev–Trinajstić information content (AvgIpc) is 3.16. The molecular formula is C30H40N6O3. The van der Waals surface area contributed by atoms with Gasteiger partial charge in [-0.2, -0.15) is 0 Å². The zero-order valence-electron chi connectivity index (χ0n) is 23.3. The number of nitrogens with zero attached hydrogens (tertiary/aromatic N) is 4. The molecule has 1 aromatic heterocycles. The SMILES string of the molecule is CNC(=O)c1ccnc(NC(=O)CN2C[C@]3(CC[C@@](c4ccccc4)(N(C)C)CC3)N(CC3CCC3)C2=O)c1. The van der Waals surface area contributed by atoms with Crippen LogP contribution in [0.15, 0.2) is 48.7 Å². The number of anilines is 1. The predicted octanol–water partition coefficient (Wildman–Crippen LogP) is 3.69. The first-order chi connectivity index (χ1) is 18.8. The molecule has 9 heteroatoms. The Morgan fingerprint density at radius 1 is 1.08 bits per heavy atom. The number of nitrogens with one attached hydrogen (secondary N) is 2. The summed E-state index contributed by atoms with van der Waals surface area (Å²) in [5.74, 6) is 0.280. The van der Waals surface area contributed by atoms with Crippen LogP contribution >= 0.6 is 0 Å². The number of carbonyl (C=O) groups is 3. The number of aromatic nitrogens is 1. The zero-order chi connectivity index (χ0) is 27.6. The van der Waals surface area contributed by atoms with Gasteiger partial charge in [-0.1, -0.05) is 36.8 Å². The second-order valence-corrected chi connectivity index (χ2v) is 11.6. The molecule has 2 saturated carbocycles. The molecule has 1 aromatic carbocycles. The number of benzene rings is 1. The van der Waals surface area contributed by atoms with Crippen LogP contribution in [0.5, 0.6) is 0 Å². The van der Waals surface area contributed by atoms with Gasteiger partial charge >= 0.3 is 6.03 Å². The Morgan fingerprint density at radius 2 is 1.79 bits per heavy atom. The van der Waals surface area contributed by atoms with Crippen molar-refractivity contribution in [2.75, 3.05) is 46.1 Å². The molecule has 208 valence electrons. The van der Waals surface area contributed by atoms with E-state index in [9.17, 15) is 14.4 Å². The van der Waals surface area contributed by atoms with E-state index < -0.39 is 0 Å². The van der Waals surface area contributed by atoms with E-state index in [2.05, 4.69) is 69.8 Å². The molecule has 3 aliphatic rings. The molecule has 0 radical (unpaired) electrons. The van der Waals surface area contributed by atoms with Crippen LogP contribution in [0.3, 0.4) is 0 Å². The van der Waals surface area contributed by atoms with Crippen molar-refractivity contribution in [3.8, 4) is 0 Å². The van der Waals surface area contributed by atoms with Crippen LogP contribution < -0.4 is 10.6 Å². The molecular weight excluding hydrogens is 492 g/mol. The molecule has 2 aliphatic carbocycles. The maximum Gasteiger partial charge on any atom is 0.321 e. The molecule has 9 nitrogen and oxygen atoms in total. The van der Waals surface area contributed by atoms with Crippen molar-refractivity contribution in [1.82, 2.24) is 25.0 Å². The fourth-order valence-corrected chi connectivity index (χ4v) is 6.65. The largest absolute Gasteiger partial charge is 0.355 e. The minimum atomic E-state index is -0.312. The smallest absolute Gasteiger partial charge is 0.321 e. The molecule has 1 spiro atoms. The highest BCUT2D eigenvalue weighted by atomic mass is 16.2. The first kappa shape index (κ1) is 27.1. The first-order valence-corrected chi connectivity index (χ1v) is 14.0. The summed E-state index contributed by atoms with van der Waals surface area (Å²) in [6, 6.07) is 13.8. The highest BCUT2D eigenvalue weighted by molar-refractivity contribution is 5.97. The third-order valence-corrected chi connectivity index (χ3v) is 9.25. The Balaban J connectivity index is 1.32.